The lowest BCUT2D eigenvalue weighted by Gasteiger charge is -2.11. The Kier molecular flexibility index (Phi) is 4.49. The van der Waals surface area contributed by atoms with Crippen LogP contribution < -0.4 is 4.72 Å². The highest BCUT2D eigenvalue weighted by Gasteiger charge is 2.16. The maximum absolute atomic E-state index is 11.6. The average molecular weight is 245 g/mol. The Balaban J connectivity index is 2.60. The van der Waals surface area contributed by atoms with E-state index < -0.39 is 10.0 Å². The van der Waals surface area contributed by atoms with E-state index in [1.165, 1.54) is 0 Å². The number of H-pyrrole nitrogens is 1. The molecule has 2 N–H and O–H groups in total. The third kappa shape index (κ3) is 3.94. The van der Waals surface area contributed by atoms with Gasteiger partial charge in [0.25, 0.3) is 0 Å². The molecule has 0 saturated heterocycles. The number of unbranched alkanes of at least 4 members (excludes halogenated alkanes) is 1. The molecule has 92 valence electrons. The van der Waals surface area contributed by atoms with Crippen molar-refractivity contribution in [1.82, 2.24) is 14.7 Å². The molecule has 0 aromatic carbocycles. The summed E-state index contributed by atoms with van der Waals surface area (Å²) in [5.74, 6) is 0.825. The predicted octanol–water partition coefficient (Wildman–Crippen LogP) is 1.50. The smallest absolute Gasteiger partial charge is 0.212 e. The van der Waals surface area contributed by atoms with Gasteiger partial charge in [-0.25, -0.2) is 18.1 Å². The van der Waals surface area contributed by atoms with E-state index in [-0.39, 0.29) is 11.8 Å². The first-order chi connectivity index (χ1) is 7.44. The van der Waals surface area contributed by atoms with Gasteiger partial charge in [-0.15, -0.1) is 0 Å². The number of hydrogen-bond donors (Lipinski definition) is 2. The van der Waals surface area contributed by atoms with Crippen molar-refractivity contribution >= 4 is 10.0 Å². The molecule has 5 nitrogen and oxygen atoms in total. The molecule has 16 heavy (non-hydrogen) atoms. The van der Waals surface area contributed by atoms with Crippen LogP contribution in [0.25, 0.3) is 0 Å². The van der Waals surface area contributed by atoms with Gasteiger partial charge in [-0.3, -0.25) is 0 Å². The largest absolute Gasteiger partial charge is 0.345 e. The van der Waals surface area contributed by atoms with E-state index >= 15 is 0 Å². The minimum Gasteiger partial charge on any atom is -0.345 e. The molecule has 0 aliphatic rings. The van der Waals surface area contributed by atoms with Gasteiger partial charge >= 0.3 is 0 Å². The molecule has 1 rings (SSSR count). The first kappa shape index (κ1) is 13.2. The molecule has 6 heteroatoms. The molecule has 0 spiro atoms. The predicted molar refractivity (Wildman–Crippen MR) is 63.6 cm³/mol. The summed E-state index contributed by atoms with van der Waals surface area (Å²) in [6.45, 7) is 5.63. The summed E-state index contributed by atoms with van der Waals surface area (Å²) in [6, 6.07) is -0.310. The quantitative estimate of drug-likeness (QED) is 0.797. The van der Waals surface area contributed by atoms with Crippen molar-refractivity contribution in [1.29, 1.82) is 0 Å². The van der Waals surface area contributed by atoms with E-state index in [0.717, 1.165) is 12.1 Å². The van der Waals surface area contributed by atoms with Crippen molar-refractivity contribution in [3.63, 3.8) is 0 Å². The summed E-state index contributed by atoms with van der Waals surface area (Å²) in [5, 5.41) is 0. The zero-order valence-corrected chi connectivity index (χ0v) is 10.8. The molecule has 1 heterocycles. The Bertz CT molecular complexity index is 425. The second-order valence-corrected chi connectivity index (χ2v) is 5.84. The summed E-state index contributed by atoms with van der Waals surface area (Å²) >= 11 is 0. The number of rotatable bonds is 6. The standard InChI is InChI=1S/C10H19N3O2S/c1-4-5-6-16(14,15)13-9(3)10-11-7-8(2)12-10/h7,9,13H,4-6H2,1-3H3,(H,11,12)/t9-/m0/s1. The Morgan fingerprint density at radius 1 is 1.56 bits per heavy atom. The summed E-state index contributed by atoms with van der Waals surface area (Å²) in [6.07, 6.45) is 3.24. The highest BCUT2D eigenvalue weighted by Crippen LogP contribution is 2.09. The number of aromatic amines is 1. The minimum absolute atomic E-state index is 0.174. The maximum atomic E-state index is 11.6. The van der Waals surface area contributed by atoms with Crippen LogP contribution >= 0.6 is 0 Å². The molecular weight excluding hydrogens is 226 g/mol. The van der Waals surface area contributed by atoms with Crippen LogP contribution in [0.1, 0.15) is 44.2 Å². The summed E-state index contributed by atoms with van der Waals surface area (Å²) in [7, 11) is -3.19. The normalized spacial score (nSPS) is 13.9. The molecule has 1 atom stereocenters. The molecule has 0 bridgehead atoms. The fourth-order valence-electron chi connectivity index (χ4n) is 1.37. The number of sulfonamides is 1. The van der Waals surface area contributed by atoms with Gasteiger partial charge < -0.3 is 4.98 Å². The highest BCUT2D eigenvalue weighted by atomic mass is 32.2. The Hall–Kier alpha value is -0.880. The lowest BCUT2D eigenvalue weighted by atomic mass is 10.3. The minimum atomic E-state index is -3.19. The van der Waals surface area contributed by atoms with E-state index in [4.69, 9.17) is 0 Å². The molecule has 0 saturated carbocycles. The molecule has 0 aliphatic heterocycles. The second-order valence-electron chi connectivity index (χ2n) is 3.96. The molecule has 0 radical (unpaired) electrons. The number of aryl methyl sites for hydroxylation is 1. The molecule has 0 amide bonds. The lowest BCUT2D eigenvalue weighted by molar-refractivity contribution is 0.558. The van der Waals surface area contributed by atoms with Gasteiger partial charge in [-0.1, -0.05) is 13.3 Å². The van der Waals surface area contributed by atoms with Gasteiger partial charge in [0, 0.05) is 11.9 Å². The summed E-state index contributed by atoms with van der Waals surface area (Å²) < 4.78 is 25.9. The first-order valence-electron chi connectivity index (χ1n) is 5.46. The Morgan fingerprint density at radius 2 is 2.25 bits per heavy atom. The van der Waals surface area contributed by atoms with Crippen LogP contribution in [0.2, 0.25) is 0 Å². The van der Waals surface area contributed by atoms with Crippen LogP contribution in [0.4, 0.5) is 0 Å². The maximum Gasteiger partial charge on any atom is 0.212 e. The Labute approximate surface area is 96.7 Å². The molecule has 1 aromatic heterocycles. The number of nitrogens with zero attached hydrogens (tertiary/aromatic N) is 1. The first-order valence-corrected chi connectivity index (χ1v) is 7.11. The summed E-state index contributed by atoms with van der Waals surface area (Å²) in [4.78, 5) is 7.11. The van der Waals surface area contributed by atoms with E-state index in [9.17, 15) is 8.42 Å². The van der Waals surface area contributed by atoms with E-state index in [1.54, 1.807) is 13.1 Å². The highest BCUT2D eigenvalue weighted by molar-refractivity contribution is 7.89. The van der Waals surface area contributed by atoms with E-state index in [0.29, 0.717) is 12.2 Å². The molecule has 0 unspecified atom stereocenters. The van der Waals surface area contributed by atoms with Gasteiger partial charge in [0.2, 0.25) is 10.0 Å². The number of imidazole rings is 1. The zero-order valence-electron chi connectivity index (χ0n) is 9.95. The fraction of sp³-hybridized carbons (Fsp3) is 0.700. The van der Waals surface area contributed by atoms with Crippen LogP contribution in [0.3, 0.4) is 0 Å². The second kappa shape index (κ2) is 5.45. The fourth-order valence-corrected chi connectivity index (χ4v) is 2.81. The zero-order chi connectivity index (χ0) is 12.2. The van der Waals surface area contributed by atoms with Crippen molar-refractivity contribution in [2.45, 2.75) is 39.7 Å². The third-order valence-corrected chi connectivity index (χ3v) is 3.79. The lowest BCUT2D eigenvalue weighted by Crippen LogP contribution is -2.29. The van der Waals surface area contributed by atoms with Gasteiger partial charge in [0.15, 0.2) is 0 Å². The van der Waals surface area contributed by atoms with Crippen LogP contribution in [0, 0.1) is 6.92 Å². The third-order valence-electron chi connectivity index (χ3n) is 2.26. The average Bonchev–Trinajstić information content (AvgIpc) is 2.61. The van der Waals surface area contributed by atoms with Gasteiger partial charge in [0.1, 0.15) is 5.82 Å². The van der Waals surface area contributed by atoms with Crippen LogP contribution in [0.15, 0.2) is 6.20 Å². The van der Waals surface area contributed by atoms with Gasteiger partial charge in [-0.05, 0) is 20.3 Å². The monoisotopic (exact) mass is 245 g/mol. The van der Waals surface area contributed by atoms with Gasteiger partial charge in [-0.2, -0.15) is 0 Å². The molecule has 1 aromatic rings. The van der Waals surface area contributed by atoms with E-state index in [1.807, 2.05) is 13.8 Å². The van der Waals surface area contributed by atoms with Crippen molar-refractivity contribution < 1.29 is 8.42 Å². The van der Waals surface area contributed by atoms with Crippen molar-refractivity contribution in [2.75, 3.05) is 5.75 Å². The van der Waals surface area contributed by atoms with Gasteiger partial charge in [0.05, 0.1) is 11.8 Å². The molecule has 0 fully saturated rings. The SMILES string of the molecule is CCCCS(=O)(=O)N[C@@H](C)c1ncc(C)[nH]1. The number of nitrogens with one attached hydrogen (secondary N) is 2. The molecular formula is C10H19N3O2S. The van der Waals surface area contributed by atoms with Crippen LogP contribution in [0.5, 0.6) is 0 Å². The van der Waals surface area contributed by atoms with Crippen molar-refractivity contribution in [2.24, 2.45) is 0 Å². The Morgan fingerprint density at radius 3 is 2.75 bits per heavy atom. The molecule has 0 aliphatic carbocycles. The topological polar surface area (TPSA) is 74.8 Å². The van der Waals surface area contributed by atoms with Crippen LogP contribution in [-0.2, 0) is 10.0 Å². The van der Waals surface area contributed by atoms with Crippen molar-refractivity contribution in [3.05, 3.63) is 17.7 Å². The van der Waals surface area contributed by atoms with Crippen LogP contribution in [-0.4, -0.2) is 24.1 Å². The number of aromatic nitrogens is 2. The number of hydrogen-bond acceptors (Lipinski definition) is 3. The van der Waals surface area contributed by atoms with E-state index in [2.05, 4.69) is 14.7 Å². The van der Waals surface area contributed by atoms with Crippen molar-refractivity contribution in [3.8, 4) is 0 Å². The summed E-state index contributed by atoms with van der Waals surface area (Å²) in [5.41, 5.74) is 0.926.